The van der Waals surface area contributed by atoms with Crippen LogP contribution in [0.15, 0.2) is 65.8 Å². The molecule has 2 aromatic carbocycles. The molecule has 0 saturated heterocycles. The second-order valence-corrected chi connectivity index (χ2v) is 8.19. The van der Waals surface area contributed by atoms with E-state index in [1.54, 1.807) is 0 Å². The van der Waals surface area contributed by atoms with E-state index in [0.717, 1.165) is 55.9 Å². The molecular weight excluding hydrogens is 384 g/mol. The summed E-state index contributed by atoms with van der Waals surface area (Å²) in [7, 11) is 4.09. The van der Waals surface area contributed by atoms with Gasteiger partial charge in [-0.1, -0.05) is 36.4 Å². The Hall–Kier alpha value is -2.63. The fourth-order valence-electron chi connectivity index (χ4n) is 3.81. The number of hydrogen-bond acceptors (Lipinski definition) is 5. The highest BCUT2D eigenvalue weighted by molar-refractivity contribution is 6.01. The van der Waals surface area contributed by atoms with E-state index < -0.39 is 0 Å². The van der Waals surface area contributed by atoms with E-state index in [4.69, 9.17) is 9.73 Å². The summed E-state index contributed by atoms with van der Waals surface area (Å²) in [5.41, 5.74) is 5.81. The first-order valence-electron chi connectivity index (χ1n) is 11.2. The molecule has 0 aliphatic carbocycles. The molecule has 2 N–H and O–H groups in total. The molecule has 5 heteroatoms. The van der Waals surface area contributed by atoms with Gasteiger partial charge in [-0.2, -0.15) is 0 Å². The molecule has 31 heavy (non-hydrogen) atoms. The van der Waals surface area contributed by atoms with Gasteiger partial charge in [0.2, 0.25) is 0 Å². The molecule has 5 nitrogen and oxygen atoms in total. The molecule has 0 saturated carbocycles. The van der Waals surface area contributed by atoms with Crippen molar-refractivity contribution in [2.24, 2.45) is 4.99 Å². The first-order chi connectivity index (χ1) is 15.1. The third kappa shape index (κ3) is 7.85. The molecule has 1 heterocycles. The minimum absolute atomic E-state index is 0. The number of rotatable bonds is 3. The van der Waals surface area contributed by atoms with Crippen molar-refractivity contribution in [3.8, 4) is 0 Å². The van der Waals surface area contributed by atoms with Gasteiger partial charge >= 0.3 is 0 Å². The van der Waals surface area contributed by atoms with E-state index >= 15 is 0 Å². The zero-order valence-electron chi connectivity index (χ0n) is 19.1. The Morgan fingerprint density at radius 1 is 1.19 bits per heavy atom. The molecule has 4 bridgehead atoms. The number of nitrogens with zero attached hydrogens (tertiary/aromatic N) is 2. The van der Waals surface area contributed by atoms with Gasteiger partial charge in [0.25, 0.3) is 0 Å². The van der Waals surface area contributed by atoms with Crippen LogP contribution >= 0.6 is 0 Å². The topological polar surface area (TPSA) is 48.9 Å². The van der Waals surface area contributed by atoms with Gasteiger partial charge in [0.15, 0.2) is 0 Å². The standard InChI is InChI=1S/C26H36N4O.H2/c1-21-28-25-12-7-9-22(18-25)19-30(3)15-4-5-16-31-20-23-10-6-11-24(17-23)26(29-21)13-8-14-27-2;/h6-12,14,17-18,21,27-28H,4-5,13,15-16,19-20H2,1-3H3;1H/b14-8-,29-26+;. The van der Waals surface area contributed by atoms with E-state index in [1.807, 2.05) is 13.2 Å². The van der Waals surface area contributed by atoms with Crippen LogP contribution in [0.25, 0.3) is 0 Å². The number of hydrogen-bond donors (Lipinski definition) is 2. The molecule has 0 amide bonds. The zero-order valence-corrected chi connectivity index (χ0v) is 19.1. The van der Waals surface area contributed by atoms with Gasteiger partial charge in [-0.15, -0.1) is 0 Å². The summed E-state index contributed by atoms with van der Waals surface area (Å²) >= 11 is 0. The van der Waals surface area contributed by atoms with Crippen molar-refractivity contribution >= 4 is 11.4 Å². The minimum Gasteiger partial charge on any atom is -0.394 e. The first kappa shape index (κ1) is 23.0. The van der Waals surface area contributed by atoms with Gasteiger partial charge in [0, 0.05) is 39.4 Å². The Bertz CT molecular complexity index is 884. The third-order valence-electron chi connectivity index (χ3n) is 5.31. The Balaban J connectivity index is 0.00000363. The van der Waals surface area contributed by atoms with Crippen molar-refractivity contribution in [1.29, 1.82) is 0 Å². The minimum atomic E-state index is -0.0373. The summed E-state index contributed by atoms with van der Waals surface area (Å²) < 4.78 is 5.95. The highest BCUT2D eigenvalue weighted by atomic mass is 16.5. The lowest BCUT2D eigenvalue weighted by Crippen LogP contribution is -2.20. The number of ether oxygens (including phenoxy) is 1. The molecule has 3 rings (SSSR count). The van der Waals surface area contributed by atoms with Gasteiger partial charge in [0.1, 0.15) is 6.17 Å². The lowest BCUT2D eigenvalue weighted by atomic mass is 10.0. The maximum absolute atomic E-state index is 5.95. The molecule has 1 aliphatic heterocycles. The SMILES string of the molecule is CN/C=C\C/C1=N\C(C)Nc2cccc(c2)CN(C)CCCCOCc2cccc1c2.[HH]. The summed E-state index contributed by atoms with van der Waals surface area (Å²) in [6.07, 6.45) is 7.01. The fourth-order valence-corrected chi connectivity index (χ4v) is 3.81. The lowest BCUT2D eigenvalue weighted by Gasteiger charge is -2.19. The average molecular weight is 423 g/mol. The van der Waals surface area contributed by atoms with Crippen LogP contribution in [0.4, 0.5) is 5.69 Å². The predicted octanol–water partition coefficient (Wildman–Crippen LogP) is 5.05. The van der Waals surface area contributed by atoms with Crippen molar-refractivity contribution in [3.63, 3.8) is 0 Å². The summed E-state index contributed by atoms with van der Waals surface area (Å²) in [4.78, 5) is 7.40. The van der Waals surface area contributed by atoms with E-state index in [-0.39, 0.29) is 7.59 Å². The highest BCUT2D eigenvalue weighted by Gasteiger charge is 2.09. The molecule has 0 radical (unpaired) electrons. The zero-order chi connectivity index (χ0) is 21.9. The van der Waals surface area contributed by atoms with Crippen molar-refractivity contribution < 1.29 is 6.16 Å². The molecular formula is C26H38N4O. The van der Waals surface area contributed by atoms with Crippen LogP contribution in [0.3, 0.4) is 0 Å². The van der Waals surface area contributed by atoms with Crippen molar-refractivity contribution in [3.05, 3.63) is 77.5 Å². The molecule has 0 fully saturated rings. The normalized spacial score (nSPS) is 20.9. The summed E-state index contributed by atoms with van der Waals surface area (Å²) in [5.74, 6) is 0. The van der Waals surface area contributed by atoms with E-state index in [1.165, 1.54) is 11.1 Å². The van der Waals surface area contributed by atoms with E-state index in [0.29, 0.717) is 6.61 Å². The second kappa shape index (κ2) is 12.3. The molecule has 1 atom stereocenters. The number of nitrogens with one attached hydrogen (secondary N) is 2. The van der Waals surface area contributed by atoms with Gasteiger partial charge in [0.05, 0.1) is 6.61 Å². The van der Waals surface area contributed by atoms with Gasteiger partial charge < -0.3 is 20.3 Å². The van der Waals surface area contributed by atoms with Crippen LogP contribution in [-0.2, 0) is 17.9 Å². The van der Waals surface area contributed by atoms with Crippen molar-refractivity contribution in [1.82, 2.24) is 10.2 Å². The quantitative estimate of drug-likeness (QED) is 0.727. The van der Waals surface area contributed by atoms with Gasteiger partial charge in [-0.05, 0) is 74.4 Å². The maximum atomic E-state index is 5.95. The predicted molar refractivity (Wildman–Crippen MR) is 133 cm³/mol. The number of benzene rings is 2. The Morgan fingerprint density at radius 2 is 2.03 bits per heavy atom. The Morgan fingerprint density at radius 3 is 2.90 bits per heavy atom. The summed E-state index contributed by atoms with van der Waals surface area (Å²) in [5, 5.41) is 6.62. The number of aliphatic imine (C=N–C) groups is 1. The monoisotopic (exact) mass is 422 g/mol. The first-order valence-corrected chi connectivity index (χ1v) is 11.2. The molecule has 0 aromatic heterocycles. The van der Waals surface area contributed by atoms with Crippen molar-refractivity contribution in [2.75, 3.05) is 32.6 Å². The van der Waals surface area contributed by atoms with Crippen LogP contribution in [0.1, 0.15) is 44.3 Å². The largest absolute Gasteiger partial charge is 0.394 e. The summed E-state index contributed by atoms with van der Waals surface area (Å²) in [6, 6.07) is 17.2. The number of anilines is 1. The molecule has 2 aromatic rings. The second-order valence-electron chi connectivity index (χ2n) is 8.19. The van der Waals surface area contributed by atoms with Crippen LogP contribution in [-0.4, -0.2) is 44.0 Å². The molecule has 1 aliphatic rings. The van der Waals surface area contributed by atoms with Crippen LogP contribution < -0.4 is 10.6 Å². The third-order valence-corrected chi connectivity index (χ3v) is 5.31. The number of fused-ring (bicyclic) bond motifs is 4. The average Bonchev–Trinajstić information content (AvgIpc) is 2.75. The molecule has 168 valence electrons. The van der Waals surface area contributed by atoms with Gasteiger partial charge in [-0.3, -0.25) is 4.99 Å². The smallest absolute Gasteiger partial charge is 0.116 e. The van der Waals surface area contributed by atoms with E-state index in [9.17, 15) is 0 Å². The van der Waals surface area contributed by atoms with E-state index in [2.05, 4.69) is 84.1 Å². The summed E-state index contributed by atoms with van der Waals surface area (Å²) in [6.45, 7) is 5.55. The Kier molecular flexibility index (Phi) is 9.13. The van der Waals surface area contributed by atoms with Crippen LogP contribution in [0, 0.1) is 0 Å². The van der Waals surface area contributed by atoms with Gasteiger partial charge in [-0.25, -0.2) is 0 Å². The molecule has 1 unspecified atom stereocenters. The molecule has 0 spiro atoms. The van der Waals surface area contributed by atoms with Crippen LogP contribution in [0.2, 0.25) is 0 Å². The maximum Gasteiger partial charge on any atom is 0.116 e. The fraction of sp³-hybridized carbons (Fsp3) is 0.423. The lowest BCUT2D eigenvalue weighted by molar-refractivity contribution is 0.115. The Labute approximate surface area is 188 Å². The van der Waals surface area contributed by atoms with Crippen LogP contribution in [0.5, 0.6) is 0 Å². The highest BCUT2D eigenvalue weighted by Crippen LogP contribution is 2.16. The number of allylic oxidation sites excluding steroid dienone is 1. The van der Waals surface area contributed by atoms with Crippen molar-refractivity contribution in [2.45, 2.75) is 45.5 Å².